The fraction of sp³-hybridized carbons (Fsp3) is 0.208. The predicted molar refractivity (Wildman–Crippen MR) is 117 cm³/mol. The third-order valence-electron chi connectivity index (χ3n) is 5.19. The molecule has 0 fully saturated rings. The molecule has 0 aromatic heterocycles. The van der Waals surface area contributed by atoms with E-state index in [-0.39, 0.29) is 12.0 Å². The van der Waals surface area contributed by atoms with Gasteiger partial charge in [-0.2, -0.15) is 0 Å². The Kier molecular flexibility index (Phi) is 5.35. The van der Waals surface area contributed by atoms with Crippen molar-refractivity contribution in [3.63, 3.8) is 0 Å². The molecule has 1 aliphatic heterocycles. The number of fused-ring (bicyclic) bond motifs is 1. The minimum Gasteiger partial charge on any atom is -0.488 e. The second-order valence-electron chi connectivity index (χ2n) is 7.64. The molecule has 154 valence electrons. The van der Waals surface area contributed by atoms with Gasteiger partial charge in [0.05, 0.1) is 11.4 Å². The van der Waals surface area contributed by atoms with Gasteiger partial charge in [-0.3, -0.25) is 4.79 Å². The van der Waals surface area contributed by atoms with E-state index >= 15 is 0 Å². The van der Waals surface area contributed by atoms with Crippen LogP contribution in [0.25, 0.3) is 11.1 Å². The minimum atomic E-state index is -3.21. The van der Waals surface area contributed by atoms with Crippen LogP contribution in [0.2, 0.25) is 0 Å². The van der Waals surface area contributed by atoms with Crippen molar-refractivity contribution in [3.05, 3.63) is 83.4 Å². The number of nitrogens with one attached hydrogen (secondary N) is 1. The molecule has 30 heavy (non-hydrogen) atoms. The topological polar surface area (TPSA) is 72.5 Å². The normalized spacial score (nSPS) is 15.3. The molecule has 0 saturated heterocycles. The predicted octanol–water partition coefficient (Wildman–Crippen LogP) is 3.80. The fourth-order valence-electron chi connectivity index (χ4n) is 3.60. The number of benzene rings is 3. The lowest BCUT2D eigenvalue weighted by molar-refractivity contribution is 0.0933. The zero-order chi connectivity index (χ0) is 21.3. The van der Waals surface area contributed by atoms with Crippen LogP contribution in [-0.2, 0) is 16.3 Å². The monoisotopic (exact) mass is 421 g/mol. The number of carbonyl (C=O) groups excluding carboxylic acids is 1. The first-order chi connectivity index (χ1) is 14.3. The summed E-state index contributed by atoms with van der Waals surface area (Å²) in [4.78, 5) is 12.7. The number of hydrogen-bond donors (Lipinski definition) is 1. The van der Waals surface area contributed by atoms with Gasteiger partial charge in [-0.25, -0.2) is 8.42 Å². The summed E-state index contributed by atoms with van der Waals surface area (Å²) in [7, 11) is -3.21. The summed E-state index contributed by atoms with van der Waals surface area (Å²) < 4.78 is 29.3. The van der Waals surface area contributed by atoms with Gasteiger partial charge in [0.1, 0.15) is 11.9 Å². The molecule has 0 spiro atoms. The Balaban J connectivity index is 1.42. The van der Waals surface area contributed by atoms with Gasteiger partial charge in [0.15, 0.2) is 9.84 Å². The number of hydrogen-bond acceptors (Lipinski definition) is 4. The average molecular weight is 422 g/mol. The highest BCUT2D eigenvalue weighted by Gasteiger charge is 2.24. The van der Waals surface area contributed by atoms with Crippen LogP contribution in [0.1, 0.15) is 21.5 Å². The van der Waals surface area contributed by atoms with Gasteiger partial charge < -0.3 is 10.1 Å². The molecule has 0 radical (unpaired) electrons. The van der Waals surface area contributed by atoms with Gasteiger partial charge >= 0.3 is 0 Å². The first-order valence-corrected chi connectivity index (χ1v) is 11.6. The van der Waals surface area contributed by atoms with Crippen molar-refractivity contribution in [3.8, 4) is 16.9 Å². The van der Waals surface area contributed by atoms with Gasteiger partial charge in [0, 0.05) is 18.2 Å². The Bertz CT molecular complexity index is 1200. The molecule has 4 rings (SSSR count). The molecule has 3 aromatic carbocycles. The maximum absolute atomic E-state index is 12.4. The van der Waals surface area contributed by atoms with Crippen LogP contribution in [0.3, 0.4) is 0 Å². The lowest BCUT2D eigenvalue weighted by atomic mass is 10.0. The molecule has 1 heterocycles. The molecule has 1 atom stereocenters. The molecule has 3 aromatic rings. The molecular formula is C24H23NO4S. The maximum atomic E-state index is 12.4. The van der Waals surface area contributed by atoms with Crippen LogP contribution >= 0.6 is 0 Å². The first-order valence-electron chi connectivity index (χ1n) is 9.74. The van der Waals surface area contributed by atoms with E-state index in [0.717, 1.165) is 28.0 Å². The highest BCUT2D eigenvalue weighted by molar-refractivity contribution is 7.90. The van der Waals surface area contributed by atoms with Crippen LogP contribution in [-0.4, -0.2) is 33.2 Å². The Hall–Kier alpha value is -3.12. The van der Waals surface area contributed by atoms with Gasteiger partial charge in [-0.05, 0) is 60.0 Å². The summed E-state index contributed by atoms with van der Waals surface area (Å²) in [5.41, 5.74) is 4.72. The van der Waals surface area contributed by atoms with Gasteiger partial charge in [-0.1, -0.05) is 35.9 Å². The van der Waals surface area contributed by atoms with Crippen molar-refractivity contribution in [2.24, 2.45) is 0 Å². The van der Waals surface area contributed by atoms with Crippen molar-refractivity contribution >= 4 is 15.7 Å². The van der Waals surface area contributed by atoms with E-state index in [1.807, 2.05) is 49.4 Å². The van der Waals surface area contributed by atoms with Crippen LogP contribution in [0, 0.1) is 6.92 Å². The smallest absolute Gasteiger partial charge is 0.251 e. The van der Waals surface area contributed by atoms with Crippen molar-refractivity contribution in [1.82, 2.24) is 5.32 Å². The number of carbonyl (C=O) groups is 1. The molecule has 6 heteroatoms. The second-order valence-corrected chi connectivity index (χ2v) is 9.66. The Labute approximate surface area is 176 Å². The Morgan fingerprint density at radius 3 is 2.47 bits per heavy atom. The van der Waals surface area contributed by atoms with Crippen molar-refractivity contribution in [2.75, 3.05) is 12.8 Å². The van der Waals surface area contributed by atoms with E-state index in [0.29, 0.717) is 23.4 Å². The summed E-state index contributed by atoms with van der Waals surface area (Å²) in [6.07, 6.45) is 1.79. The number of aryl methyl sites for hydroxylation is 1. The summed E-state index contributed by atoms with van der Waals surface area (Å²) in [5, 5.41) is 2.95. The van der Waals surface area contributed by atoms with E-state index in [2.05, 4.69) is 11.4 Å². The maximum Gasteiger partial charge on any atom is 0.251 e. The zero-order valence-corrected chi connectivity index (χ0v) is 17.7. The number of rotatable bonds is 5. The largest absolute Gasteiger partial charge is 0.488 e. The molecule has 0 aliphatic carbocycles. The molecule has 5 nitrogen and oxygen atoms in total. The SMILES string of the molecule is Cc1cccc(C(=O)NC[C@H]2Cc3cc(-c4ccc(S(C)(=O)=O)cc4)ccc3O2)c1. The minimum absolute atomic E-state index is 0.107. The number of sulfone groups is 1. The average Bonchev–Trinajstić information content (AvgIpc) is 3.13. The van der Waals surface area contributed by atoms with Crippen LogP contribution in [0.4, 0.5) is 0 Å². The van der Waals surface area contributed by atoms with Gasteiger partial charge in [0.2, 0.25) is 0 Å². The summed E-state index contributed by atoms with van der Waals surface area (Å²) in [5.74, 6) is 0.714. The Morgan fingerprint density at radius 1 is 1.03 bits per heavy atom. The Morgan fingerprint density at radius 2 is 1.77 bits per heavy atom. The highest BCUT2D eigenvalue weighted by atomic mass is 32.2. The van der Waals surface area contributed by atoms with E-state index in [4.69, 9.17) is 4.74 Å². The third-order valence-corrected chi connectivity index (χ3v) is 6.32. The molecule has 1 aliphatic rings. The van der Waals surface area contributed by atoms with Crippen LogP contribution < -0.4 is 10.1 Å². The van der Waals surface area contributed by atoms with E-state index in [9.17, 15) is 13.2 Å². The van der Waals surface area contributed by atoms with Gasteiger partial charge in [0.25, 0.3) is 5.91 Å². The fourth-order valence-corrected chi connectivity index (χ4v) is 4.23. The third kappa shape index (κ3) is 4.39. The molecule has 1 N–H and O–H groups in total. The van der Waals surface area contributed by atoms with E-state index in [1.54, 1.807) is 18.2 Å². The van der Waals surface area contributed by atoms with Crippen LogP contribution in [0.15, 0.2) is 71.6 Å². The second kappa shape index (κ2) is 7.95. The molecule has 0 bridgehead atoms. The van der Waals surface area contributed by atoms with Gasteiger partial charge in [-0.15, -0.1) is 0 Å². The molecule has 0 saturated carbocycles. The lowest BCUT2D eigenvalue weighted by Crippen LogP contribution is -2.34. The van der Waals surface area contributed by atoms with Crippen molar-refractivity contribution in [1.29, 1.82) is 0 Å². The number of ether oxygens (including phenoxy) is 1. The van der Waals surface area contributed by atoms with E-state index < -0.39 is 9.84 Å². The van der Waals surface area contributed by atoms with Crippen molar-refractivity contribution < 1.29 is 17.9 Å². The summed E-state index contributed by atoms with van der Waals surface area (Å²) in [6, 6.07) is 20.3. The quantitative estimate of drug-likeness (QED) is 0.680. The molecule has 0 unspecified atom stereocenters. The first kappa shape index (κ1) is 20.2. The highest BCUT2D eigenvalue weighted by Crippen LogP contribution is 2.33. The summed E-state index contributed by atoms with van der Waals surface area (Å²) >= 11 is 0. The van der Waals surface area contributed by atoms with E-state index in [1.165, 1.54) is 6.26 Å². The van der Waals surface area contributed by atoms with Crippen molar-refractivity contribution in [2.45, 2.75) is 24.3 Å². The zero-order valence-electron chi connectivity index (χ0n) is 16.9. The van der Waals surface area contributed by atoms with Crippen LogP contribution in [0.5, 0.6) is 5.75 Å². The molecule has 1 amide bonds. The lowest BCUT2D eigenvalue weighted by Gasteiger charge is -2.12. The molecular weight excluding hydrogens is 398 g/mol. The summed E-state index contributed by atoms with van der Waals surface area (Å²) in [6.45, 7) is 2.39. The number of amides is 1. The standard InChI is InChI=1S/C24H23NO4S/c1-16-4-3-5-19(12-16)24(26)25-15-21-14-20-13-18(8-11-23(20)29-21)17-6-9-22(10-7-17)30(2,27)28/h3-13,21H,14-15H2,1-2H3,(H,25,26)/t21-/m1/s1.